The number of hydrogen-bond acceptors (Lipinski definition) is 2. The number of alkyl halides is 1. The van der Waals surface area contributed by atoms with Gasteiger partial charge in [0.15, 0.2) is 0 Å². The predicted octanol–water partition coefficient (Wildman–Crippen LogP) is 11.8. The van der Waals surface area contributed by atoms with E-state index in [1.165, 1.54) is 96.3 Å². The summed E-state index contributed by atoms with van der Waals surface area (Å²) in [6.45, 7) is 14.8. The number of unbranched alkanes of at least 4 members (excludes halogenated alkanes) is 7. The smallest absolute Gasteiger partial charge is 0.306 e. The molecule has 0 bridgehead atoms. The van der Waals surface area contributed by atoms with Gasteiger partial charge in [0.2, 0.25) is 0 Å². The average molecular weight is 634 g/mol. The van der Waals surface area contributed by atoms with Crippen molar-refractivity contribution in [3.63, 3.8) is 0 Å². The molecule has 0 heterocycles. The number of fused-ring (bicyclic) bond motifs is 5. The molecule has 236 valence electrons. The second-order valence-corrected chi connectivity index (χ2v) is 17.1. The molecule has 0 saturated heterocycles. The predicted molar refractivity (Wildman–Crippen MR) is 178 cm³/mol. The Morgan fingerprint density at radius 2 is 1.68 bits per heavy atom. The van der Waals surface area contributed by atoms with Gasteiger partial charge >= 0.3 is 5.97 Å². The van der Waals surface area contributed by atoms with Crippen LogP contribution in [0.15, 0.2) is 11.6 Å². The zero-order valence-electron chi connectivity index (χ0n) is 27.8. The van der Waals surface area contributed by atoms with E-state index in [1.54, 1.807) is 5.57 Å². The third-order valence-corrected chi connectivity index (χ3v) is 13.6. The molecular formula is C38H65BrO2. The van der Waals surface area contributed by atoms with Crippen LogP contribution >= 0.6 is 15.9 Å². The summed E-state index contributed by atoms with van der Waals surface area (Å²) < 4.78 is 6.09. The highest BCUT2D eigenvalue weighted by Crippen LogP contribution is 2.68. The van der Waals surface area contributed by atoms with Crippen LogP contribution < -0.4 is 0 Å². The fraction of sp³-hybridized carbons (Fsp3) is 0.921. The minimum absolute atomic E-state index is 0.0465. The number of rotatable bonds is 15. The van der Waals surface area contributed by atoms with E-state index in [9.17, 15) is 4.79 Å². The van der Waals surface area contributed by atoms with E-state index in [-0.39, 0.29) is 17.5 Å². The van der Waals surface area contributed by atoms with Crippen LogP contribution in [0, 0.1) is 46.3 Å². The molecule has 3 saturated carbocycles. The first-order chi connectivity index (χ1) is 19.6. The third kappa shape index (κ3) is 7.86. The van der Waals surface area contributed by atoms with Crippen molar-refractivity contribution < 1.29 is 9.53 Å². The molecule has 0 radical (unpaired) electrons. The summed E-state index contributed by atoms with van der Waals surface area (Å²) in [5.41, 5.74) is 2.36. The number of esters is 1. The molecule has 0 aromatic carbocycles. The number of halogens is 1. The zero-order valence-corrected chi connectivity index (χ0v) is 29.4. The van der Waals surface area contributed by atoms with Crippen molar-refractivity contribution in [2.45, 2.75) is 174 Å². The lowest BCUT2D eigenvalue weighted by Crippen LogP contribution is -2.55. The fourth-order valence-electron chi connectivity index (χ4n) is 10.5. The molecule has 0 aromatic rings. The molecule has 2 nitrogen and oxygen atoms in total. The second kappa shape index (κ2) is 15.1. The fourth-order valence-corrected chi connectivity index (χ4v) is 12.1. The average Bonchev–Trinajstić information content (AvgIpc) is 3.26. The molecule has 2 unspecified atom stereocenters. The quantitative estimate of drug-likeness (QED) is 0.0776. The molecule has 0 spiro atoms. The lowest BCUT2D eigenvalue weighted by molar-refractivity contribution is -0.151. The summed E-state index contributed by atoms with van der Waals surface area (Å²) in [5, 5.41) is 0. The maximum Gasteiger partial charge on any atom is 0.306 e. The number of carbonyl (C=O) groups excluding carboxylic acids is 1. The summed E-state index contributed by atoms with van der Waals surface area (Å²) in [7, 11) is 0. The third-order valence-electron chi connectivity index (χ3n) is 12.7. The first-order valence-corrected chi connectivity index (χ1v) is 19.0. The van der Waals surface area contributed by atoms with Crippen LogP contribution in [0.25, 0.3) is 0 Å². The maximum absolute atomic E-state index is 12.7. The molecule has 9 atom stereocenters. The van der Waals surface area contributed by atoms with Gasteiger partial charge in [-0.1, -0.05) is 133 Å². The topological polar surface area (TPSA) is 26.3 Å². The molecule has 0 aromatic heterocycles. The van der Waals surface area contributed by atoms with Crippen molar-refractivity contribution in [1.29, 1.82) is 0 Å². The highest BCUT2D eigenvalue weighted by molar-refractivity contribution is 9.09. The Hall–Kier alpha value is -0.310. The van der Waals surface area contributed by atoms with E-state index in [0.717, 1.165) is 54.8 Å². The van der Waals surface area contributed by atoms with Crippen LogP contribution in [0.1, 0.15) is 164 Å². The van der Waals surface area contributed by atoms with E-state index in [0.29, 0.717) is 16.7 Å². The second-order valence-electron chi connectivity index (χ2n) is 16.0. The molecule has 0 N–H and O–H groups in total. The van der Waals surface area contributed by atoms with Crippen molar-refractivity contribution in [3.8, 4) is 0 Å². The molecule has 3 fully saturated rings. The van der Waals surface area contributed by atoms with E-state index in [1.807, 2.05) is 0 Å². The minimum Gasteiger partial charge on any atom is -0.462 e. The van der Waals surface area contributed by atoms with Crippen molar-refractivity contribution in [2.24, 2.45) is 46.3 Å². The first kappa shape index (κ1) is 33.6. The van der Waals surface area contributed by atoms with Crippen LogP contribution in [-0.2, 0) is 9.53 Å². The van der Waals surface area contributed by atoms with Crippen LogP contribution in [0.4, 0.5) is 0 Å². The molecule has 4 rings (SSSR count). The molecule has 3 heteroatoms. The summed E-state index contributed by atoms with van der Waals surface area (Å²) in [5.74, 6) is 5.01. The molecule has 41 heavy (non-hydrogen) atoms. The Labute approximate surface area is 263 Å². The van der Waals surface area contributed by atoms with Gasteiger partial charge in [0.1, 0.15) is 6.10 Å². The summed E-state index contributed by atoms with van der Waals surface area (Å²) >= 11 is 4.35. The number of carbonyl (C=O) groups is 1. The Morgan fingerprint density at radius 1 is 0.976 bits per heavy atom. The number of ether oxygens (including phenoxy) is 1. The van der Waals surface area contributed by atoms with Gasteiger partial charge in [-0.05, 0) is 91.3 Å². The lowest BCUT2D eigenvalue weighted by atomic mass is 9.47. The highest BCUT2D eigenvalue weighted by atomic mass is 79.9. The van der Waals surface area contributed by atoms with Crippen LogP contribution in [0.2, 0.25) is 0 Å². The lowest BCUT2D eigenvalue weighted by Gasteiger charge is -2.60. The summed E-state index contributed by atoms with van der Waals surface area (Å²) in [6.07, 6.45) is 26.3. The van der Waals surface area contributed by atoms with Crippen molar-refractivity contribution in [2.75, 3.05) is 0 Å². The van der Waals surface area contributed by atoms with Crippen LogP contribution in [0.5, 0.6) is 0 Å². The van der Waals surface area contributed by atoms with Gasteiger partial charge in [0, 0.05) is 17.7 Å². The van der Waals surface area contributed by atoms with Crippen molar-refractivity contribution in [1.82, 2.24) is 0 Å². The number of hydrogen-bond donors (Lipinski definition) is 0. The van der Waals surface area contributed by atoms with Gasteiger partial charge in [-0.3, -0.25) is 4.79 Å². The normalized spacial score (nSPS) is 37.2. The Kier molecular flexibility index (Phi) is 12.4. The zero-order chi connectivity index (χ0) is 29.6. The van der Waals surface area contributed by atoms with Gasteiger partial charge in [0.05, 0.1) is 0 Å². The number of allylic oxidation sites excluding steroid dienone is 1. The highest BCUT2D eigenvalue weighted by Gasteiger charge is 2.61. The van der Waals surface area contributed by atoms with Gasteiger partial charge < -0.3 is 4.74 Å². The van der Waals surface area contributed by atoms with Crippen molar-refractivity contribution in [3.05, 3.63) is 11.6 Å². The summed E-state index contributed by atoms with van der Waals surface area (Å²) in [6, 6.07) is 0. The van der Waals surface area contributed by atoms with E-state index in [2.05, 4.69) is 63.5 Å². The van der Waals surface area contributed by atoms with Crippen molar-refractivity contribution >= 4 is 21.9 Å². The molecule has 0 aliphatic heterocycles. The van der Waals surface area contributed by atoms with Crippen LogP contribution in [0.3, 0.4) is 0 Å². The van der Waals surface area contributed by atoms with Gasteiger partial charge in [-0.2, -0.15) is 0 Å². The molecule has 4 aliphatic carbocycles. The van der Waals surface area contributed by atoms with Gasteiger partial charge in [-0.15, -0.1) is 0 Å². The van der Waals surface area contributed by atoms with E-state index >= 15 is 0 Å². The first-order valence-electron chi connectivity index (χ1n) is 18.1. The Morgan fingerprint density at radius 3 is 2.39 bits per heavy atom. The summed E-state index contributed by atoms with van der Waals surface area (Å²) in [4.78, 5) is 13.3. The van der Waals surface area contributed by atoms with E-state index < -0.39 is 0 Å². The van der Waals surface area contributed by atoms with E-state index in [4.69, 9.17) is 4.74 Å². The Bertz CT molecular complexity index is 864. The standard InChI is InChI=1S/C38H65BrO2/c1-7-8-9-10-11-12-13-14-18-35(40)41-30-23-24-37(5)29(25-30)19-20-31-33-22-21-32(28(4)17-15-16-27(2)3)38(33,6)26-34(39)36(31)37/h19,27-28,30-34,36H,7-18,20-26H2,1-6H3/t28?,30-,31-,32+,33-,34?,36+,37-,38+/m0/s1. The monoisotopic (exact) mass is 632 g/mol. The molecule has 0 amide bonds. The molecule has 4 aliphatic rings. The minimum atomic E-state index is 0.0465. The Balaban J connectivity index is 1.30. The molecular weight excluding hydrogens is 568 g/mol. The van der Waals surface area contributed by atoms with Crippen LogP contribution in [-0.4, -0.2) is 16.9 Å². The maximum atomic E-state index is 12.7. The largest absolute Gasteiger partial charge is 0.462 e. The van der Waals surface area contributed by atoms with Gasteiger partial charge in [-0.25, -0.2) is 0 Å². The SMILES string of the molecule is CCCCCCCCCCC(=O)O[C@H]1CC[C@@]2(C)C(=CC[C@H]3[C@@H]4CC[C@H](C(C)CCCC(C)C)[C@@]4(C)CC(Br)[C@@H]32)C1. The van der Waals surface area contributed by atoms with Gasteiger partial charge in [0.25, 0.3) is 0 Å².